The molecule has 0 aliphatic carbocycles. The van der Waals surface area contributed by atoms with Gasteiger partial charge < -0.3 is 10.1 Å². The highest BCUT2D eigenvalue weighted by atomic mass is 35.5. The van der Waals surface area contributed by atoms with Crippen LogP contribution in [0.5, 0.6) is 5.75 Å². The van der Waals surface area contributed by atoms with Gasteiger partial charge in [0.2, 0.25) is 0 Å². The SMILES string of the molecule is Cc1cc(C(=O)Nc2ccc(OC(F)F)c(Cl)c2)c2c(C)nn(-c3ccccc3)c2n1. The van der Waals surface area contributed by atoms with E-state index < -0.39 is 12.5 Å². The molecule has 0 unspecified atom stereocenters. The van der Waals surface area contributed by atoms with Crippen LogP contribution in [0.25, 0.3) is 16.7 Å². The van der Waals surface area contributed by atoms with Gasteiger partial charge in [0.25, 0.3) is 5.91 Å². The Morgan fingerprint density at radius 1 is 1.13 bits per heavy atom. The largest absolute Gasteiger partial charge is 0.433 e. The summed E-state index contributed by atoms with van der Waals surface area (Å²) in [5.41, 5.74) is 3.42. The number of amides is 1. The fourth-order valence-electron chi connectivity index (χ4n) is 3.31. The number of hydrogen-bond acceptors (Lipinski definition) is 4. The summed E-state index contributed by atoms with van der Waals surface area (Å²) in [6.07, 6.45) is 0. The second-order valence-electron chi connectivity index (χ2n) is 6.82. The first-order valence-corrected chi connectivity index (χ1v) is 9.69. The predicted octanol–water partition coefficient (Wildman–Crippen LogP) is 5.54. The standard InChI is InChI=1S/C22H17ClF2N4O2/c1-12-10-16(21(30)27-14-8-9-18(17(23)11-14)31-22(24)25)19-13(2)28-29(20(19)26-12)15-6-4-3-5-7-15/h3-11,22H,1-2H3,(H,27,30). The van der Waals surface area contributed by atoms with Crippen LogP contribution in [0.15, 0.2) is 54.6 Å². The number of halogens is 3. The number of alkyl halides is 2. The Morgan fingerprint density at radius 3 is 2.55 bits per heavy atom. The summed E-state index contributed by atoms with van der Waals surface area (Å²) in [5, 5.41) is 7.90. The van der Waals surface area contributed by atoms with Crippen molar-refractivity contribution in [2.75, 3.05) is 5.32 Å². The lowest BCUT2D eigenvalue weighted by molar-refractivity contribution is -0.0497. The first kappa shape index (κ1) is 20.7. The van der Waals surface area contributed by atoms with Crippen molar-refractivity contribution in [1.29, 1.82) is 0 Å². The van der Waals surface area contributed by atoms with Crippen molar-refractivity contribution < 1.29 is 18.3 Å². The molecule has 9 heteroatoms. The second-order valence-corrected chi connectivity index (χ2v) is 7.23. The number of fused-ring (bicyclic) bond motifs is 1. The van der Waals surface area contributed by atoms with E-state index >= 15 is 0 Å². The molecule has 0 bridgehead atoms. The zero-order chi connectivity index (χ0) is 22.1. The minimum atomic E-state index is -2.99. The number of nitrogens with zero attached hydrogens (tertiary/aromatic N) is 3. The summed E-state index contributed by atoms with van der Waals surface area (Å²) < 4.78 is 30.9. The number of aryl methyl sites for hydroxylation is 2. The molecule has 0 atom stereocenters. The number of benzene rings is 2. The molecule has 4 rings (SSSR count). The molecule has 1 amide bonds. The van der Waals surface area contributed by atoms with E-state index in [9.17, 15) is 13.6 Å². The van der Waals surface area contributed by atoms with Gasteiger partial charge >= 0.3 is 6.61 Å². The van der Waals surface area contributed by atoms with E-state index in [4.69, 9.17) is 11.6 Å². The highest BCUT2D eigenvalue weighted by Gasteiger charge is 2.20. The van der Waals surface area contributed by atoms with Crippen LogP contribution >= 0.6 is 11.6 Å². The van der Waals surface area contributed by atoms with Gasteiger partial charge in [0.05, 0.1) is 27.4 Å². The van der Waals surface area contributed by atoms with E-state index in [0.717, 1.165) is 5.69 Å². The average molecular weight is 443 g/mol. The van der Waals surface area contributed by atoms with Gasteiger partial charge in [0.1, 0.15) is 5.75 Å². The summed E-state index contributed by atoms with van der Waals surface area (Å²) in [4.78, 5) is 17.7. The lowest BCUT2D eigenvalue weighted by Crippen LogP contribution is -2.13. The first-order chi connectivity index (χ1) is 14.8. The Kier molecular flexibility index (Phi) is 5.56. The number of pyridine rings is 1. The molecule has 0 saturated heterocycles. The smallest absolute Gasteiger partial charge is 0.387 e. The van der Waals surface area contributed by atoms with Crippen molar-refractivity contribution in [2.45, 2.75) is 20.5 Å². The van der Waals surface area contributed by atoms with E-state index in [1.807, 2.05) is 37.3 Å². The summed E-state index contributed by atoms with van der Waals surface area (Å²) in [7, 11) is 0. The van der Waals surface area contributed by atoms with Crippen LogP contribution in [0.2, 0.25) is 5.02 Å². The zero-order valence-electron chi connectivity index (χ0n) is 16.6. The van der Waals surface area contributed by atoms with Gasteiger partial charge in [-0.15, -0.1) is 0 Å². The van der Waals surface area contributed by atoms with E-state index in [2.05, 4.69) is 20.1 Å². The molecule has 0 radical (unpaired) electrons. The number of carbonyl (C=O) groups is 1. The van der Waals surface area contributed by atoms with Gasteiger partial charge in [-0.2, -0.15) is 13.9 Å². The molecule has 31 heavy (non-hydrogen) atoms. The summed E-state index contributed by atoms with van der Waals surface area (Å²) in [5.74, 6) is -0.568. The summed E-state index contributed by atoms with van der Waals surface area (Å²) in [6, 6.07) is 15.2. The van der Waals surface area contributed by atoms with Gasteiger partial charge in [-0.05, 0) is 50.2 Å². The molecule has 2 aromatic carbocycles. The number of rotatable bonds is 5. The van der Waals surface area contributed by atoms with Crippen LogP contribution in [0.4, 0.5) is 14.5 Å². The van der Waals surface area contributed by atoms with E-state index in [0.29, 0.717) is 33.7 Å². The maximum Gasteiger partial charge on any atom is 0.387 e. The molecule has 0 aliphatic rings. The van der Waals surface area contributed by atoms with Crippen LogP contribution in [-0.2, 0) is 0 Å². The van der Waals surface area contributed by atoms with Crippen molar-refractivity contribution in [1.82, 2.24) is 14.8 Å². The van der Waals surface area contributed by atoms with E-state index in [1.54, 1.807) is 17.7 Å². The van der Waals surface area contributed by atoms with Crippen LogP contribution in [0.1, 0.15) is 21.7 Å². The van der Waals surface area contributed by atoms with Crippen LogP contribution < -0.4 is 10.1 Å². The fourth-order valence-corrected chi connectivity index (χ4v) is 3.54. The van der Waals surface area contributed by atoms with Crippen LogP contribution in [-0.4, -0.2) is 27.3 Å². The Balaban J connectivity index is 1.72. The Morgan fingerprint density at radius 2 is 1.87 bits per heavy atom. The normalized spacial score (nSPS) is 11.2. The number of nitrogens with one attached hydrogen (secondary N) is 1. The van der Waals surface area contributed by atoms with E-state index in [-0.39, 0.29) is 10.8 Å². The molecular weight excluding hydrogens is 426 g/mol. The highest BCUT2D eigenvalue weighted by Crippen LogP contribution is 2.30. The molecule has 158 valence electrons. The Labute approximate surface area is 181 Å². The molecule has 1 N–H and O–H groups in total. The van der Waals surface area contributed by atoms with Crippen molar-refractivity contribution in [3.63, 3.8) is 0 Å². The van der Waals surface area contributed by atoms with Crippen molar-refractivity contribution >= 4 is 34.2 Å². The number of ether oxygens (including phenoxy) is 1. The molecule has 0 saturated carbocycles. The molecular formula is C22H17ClF2N4O2. The lowest BCUT2D eigenvalue weighted by Gasteiger charge is -2.11. The molecule has 0 spiro atoms. The molecule has 2 aromatic heterocycles. The summed E-state index contributed by atoms with van der Waals surface area (Å²) >= 11 is 5.99. The third-order valence-electron chi connectivity index (χ3n) is 4.59. The topological polar surface area (TPSA) is 69.0 Å². The van der Waals surface area contributed by atoms with Gasteiger partial charge in [0.15, 0.2) is 5.65 Å². The van der Waals surface area contributed by atoms with Crippen molar-refractivity contribution in [3.8, 4) is 11.4 Å². The molecule has 6 nitrogen and oxygen atoms in total. The highest BCUT2D eigenvalue weighted by molar-refractivity contribution is 6.32. The molecule has 2 heterocycles. The zero-order valence-corrected chi connectivity index (χ0v) is 17.3. The minimum absolute atomic E-state index is 0.0396. The number of hydrogen-bond donors (Lipinski definition) is 1. The van der Waals surface area contributed by atoms with Gasteiger partial charge in [-0.3, -0.25) is 4.79 Å². The van der Waals surface area contributed by atoms with Crippen molar-refractivity contribution in [3.05, 3.63) is 76.6 Å². The molecule has 0 aliphatic heterocycles. The number of carbonyl (C=O) groups excluding carboxylic acids is 1. The van der Waals surface area contributed by atoms with Crippen molar-refractivity contribution in [2.24, 2.45) is 0 Å². The van der Waals surface area contributed by atoms with E-state index in [1.165, 1.54) is 18.2 Å². The molecule has 0 fully saturated rings. The van der Waals surface area contributed by atoms with Crippen LogP contribution in [0.3, 0.4) is 0 Å². The maximum absolute atomic E-state index is 13.1. The number of para-hydroxylation sites is 1. The van der Waals surface area contributed by atoms with Gasteiger partial charge in [0, 0.05) is 11.4 Å². The minimum Gasteiger partial charge on any atom is -0.433 e. The lowest BCUT2D eigenvalue weighted by atomic mass is 10.1. The average Bonchev–Trinajstić information content (AvgIpc) is 3.06. The Bertz CT molecular complexity index is 1280. The quantitative estimate of drug-likeness (QED) is 0.440. The second kappa shape index (κ2) is 8.31. The fraction of sp³-hybridized carbons (Fsp3) is 0.136. The maximum atomic E-state index is 13.1. The van der Waals surface area contributed by atoms with Gasteiger partial charge in [-0.25, -0.2) is 9.67 Å². The van der Waals surface area contributed by atoms with Gasteiger partial charge in [-0.1, -0.05) is 29.8 Å². The summed E-state index contributed by atoms with van der Waals surface area (Å²) in [6.45, 7) is 0.611. The first-order valence-electron chi connectivity index (χ1n) is 9.31. The predicted molar refractivity (Wildman–Crippen MR) is 114 cm³/mol. The number of aromatic nitrogens is 3. The third kappa shape index (κ3) is 4.20. The Hall–Kier alpha value is -3.52. The molecule has 4 aromatic rings. The third-order valence-corrected chi connectivity index (χ3v) is 4.89. The monoisotopic (exact) mass is 442 g/mol. The number of anilines is 1. The van der Waals surface area contributed by atoms with Crippen LogP contribution in [0, 0.1) is 13.8 Å².